The summed E-state index contributed by atoms with van der Waals surface area (Å²) < 4.78 is 12.7. The van der Waals surface area contributed by atoms with Crippen molar-refractivity contribution in [3.05, 3.63) is 84.9 Å². The van der Waals surface area contributed by atoms with E-state index in [4.69, 9.17) is 32.7 Å². The standard InChI is InChI=1S/C27H26Cl2IN3O3/c1-2-35-25-14-18(13-24(30)26(25)36-17-20-5-8-21(28)15-23(20)29)16-31-32-27(34)19-6-9-22(10-7-19)33-11-3-4-12-33/h5-10,13-16H,2-4,11-12,17H2,1H3,(H,32,34)/b31-16-. The van der Waals surface area contributed by atoms with Crippen molar-refractivity contribution < 1.29 is 14.3 Å². The molecule has 4 rings (SSSR count). The molecular formula is C27H26Cl2IN3O3. The zero-order valence-corrected chi connectivity index (χ0v) is 23.4. The van der Waals surface area contributed by atoms with Gasteiger partial charge in [0, 0.05) is 39.9 Å². The van der Waals surface area contributed by atoms with E-state index in [1.807, 2.05) is 49.4 Å². The number of amides is 1. The fourth-order valence-corrected chi connectivity index (χ4v) is 5.13. The van der Waals surface area contributed by atoms with Crippen LogP contribution in [0, 0.1) is 3.57 Å². The number of benzene rings is 3. The van der Waals surface area contributed by atoms with Gasteiger partial charge in [-0.05, 0) is 96.5 Å². The first-order valence-electron chi connectivity index (χ1n) is 11.7. The molecule has 0 aromatic heterocycles. The second kappa shape index (κ2) is 12.7. The summed E-state index contributed by atoms with van der Waals surface area (Å²) in [5.41, 5.74) is 5.89. The lowest BCUT2D eigenvalue weighted by Gasteiger charge is -2.17. The van der Waals surface area contributed by atoms with Crippen molar-refractivity contribution in [1.82, 2.24) is 5.43 Å². The predicted octanol–water partition coefficient (Wildman–Crippen LogP) is 6.94. The van der Waals surface area contributed by atoms with Crippen molar-refractivity contribution in [1.29, 1.82) is 0 Å². The van der Waals surface area contributed by atoms with Crippen LogP contribution in [0.5, 0.6) is 11.5 Å². The number of hydrazone groups is 1. The Bertz CT molecular complexity index is 1250. The summed E-state index contributed by atoms with van der Waals surface area (Å²) in [4.78, 5) is 14.9. The summed E-state index contributed by atoms with van der Waals surface area (Å²) >= 11 is 14.4. The van der Waals surface area contributed by atoms with Crippen molar-refractivity contribution in [2.24, 2.45) is 5.10 Å². The van der Waals surface area contributed by atoms with Crippen LogP contribution in [-0.4, -0.2) is 31.8 Å². The minimum absolute atomic E-state index is 0.265. The van der Waals surface area contributed by atoms with Crippen LogP contribution in [0.1, 0.15) is 41.3 Å². The molecule has 6 nitrogen and oxygen atoms in total. The van der Waals surface area contributed by atoms with Crippen LogP contribution in [0.25, 0.3) is 0 Å². The molecule has 1 amide bonds. The Kier molecular flexibility index (Phi) is 9.34. The number of hydrogen-bond acceptors (Lipinski definition) is 5. The van der Waals surface area contributed by atoms with Crippen LogP contribution >= 0.6 is 45.8 Å². The molecule has 0 bridgehead atoms. The predicted molar refractivity (Wildman–Crippen MR) is 154 cm³/mol. The van der Waals surface area contributed by atoms with E-state index in [2.05, 4.69) is 38.0 Å². The molecule has 188 valence electrons. The smallest absolute Gasteiger partial charge is 0.271 e. The Labute approximate surface area is 234 Å². The van der Waals surface area contributed by atoms with E-state index >= 15 is 0 Å². The van der Waals surface area contributed by atoms with E-state index in [0.29, 0.717) is 33.7 Å². The number of halogens is 3. The fourth-order valence-electron chi connectivity index (χ4n) is 3.88. The number of anilines is 1. The third-order valence-electron chi connectivity index (χ3n) is 5.70. The highest BCUT2D eigenvalue weighted by Gasteiger charge is 2.14. The zero-order chi connectivity index (χ0) is 25.5. The molecule has 0 aliphatic carbocycles. The van der Waals surface area contributed by atoms with Crippen LogP contribution < -0.4 is 19.8 Å². The number of rotatable bonds is 9. The van der Waals surface area contributed by atoms with E-state index in [9.17, 15) is 4.79 Å². The third kappa shape index (κ3) is 6.83. The maximum atomic E-state index is 12.5. The van der Waals surface area contributed by atoms with Gasteiger partial charge >= 0.3 is 0 Å². The van der Waals surface area contributed by atoms with Gasteiger partial charge in [0.25, 0.3) is 5.91 Å². The first-order chi connectivity index (χ1) is 17.4. The lowest BCUT2D eigenvalue weighted by atomic mass is 10.2. The molecule has 0 saturated carbocycles. The summed E-state index contributed by atoms with van der Waals surface area (Å²) in [6, 6.07) is 16.6. The molecule has 0 unspecified atom stereocenters. The Morgan fingerprint density at radius 2 is 1.83 bits per heavy atom. The van der Waals surface area contributed by atoms with Crippen LogP contribution in [0.2, 0.25) is 10.0 Å². The zero-order valence-electron chi connectivity index (χ0n) is 19.8. The van der Waals surface area contributed by atoms with Crippen molar-refractivity contribution >= 4 is 63.6 Å². The highest BCUT2D eigenvalue weighted by molar-refractivity contribution is 14.1. The van der Waals surface area contributed by atoms with Crippen LogP contribution in [0.15, 0.2) is 59.7 Å². The quantitative estimate of drug-likeness (QED) is 0.157. The molecule has 1 aliphatic heterocycles. The Morgan fingerprint density at radius 1 is 1.08 bits per heavy atom. The van der Waals surface area contributed by atoms with Crippen molar-refractivity contribution in [2.75, 3.05) is 24.6 Å². The van der Waals surface area contributed by atoms with Gasteiger partial charge in [0.1, 0.15) is 6.61 Å². The molecule has 0 radical (unpaired) electrons. The van der Waals surface area contributed by atoms with E-state index in [1.54, 1.807) is 18.3 Å². The van der Waals surface area contributed by atoms with Gasteiger partial charge in [-0.2, -0.15) is 5.10 Å². The van der Waals surface area contributed by atoms with E-state index < -0.39 is 0 Å². The molecule has 9 heteroatoms. The Balaban J connectivity index is 1.41. The summed E-state index contributed by atoms with van der Waals surface area (Å²) in [6.45, 7) is 4.78. The summed E-state index contributed by atoms with van der Waals surface area (Å²) in [5.74, 6) is 0.932. The summed E-state index contributed by atoms with van der Waals surface area (Å²) in [5, 5.41) is 5.25. The first kappa shape index (κ1) is 26.6. The molecule has 3 aromatic carbocycles. The average molecular weight is 638 g/mol. The molecule has 0 atom stereocenters. The molecule has 1 fully saturated rings. The lowest BCUT2D eigenvalue weighted by molar-refractivity contribution is 0.0955. The Morgan fingerprint density at radius 3 is 2.53 bits per heavy atom. The molecule has 1 heterocycles. The number of nitrogens with zero attached hydrogens (tertiary/aromatic N) is 2. The molecule has 3 aromatic rings. The highest BCUT2D eigenvalue weighted by atomic mass is 127. The topological polar surface area (TPSA) is 63.2 Å². The van der Waals surface area contributed by atoms with Gasteiger partial charge < -0.3 is 14.4 Å². The van der Waals surface area contributed by atoms with Gasteiger partial charge in [0.2, 0.25) is 0 Å². The van der Waals surface area contributed by atoms with Crippen molar-refractivity contribution in [3.63, 3.8) is 0 Å². The third-order valence-corrected chi connectivity index (χ3v) is 7.09. The largest absolute Gasteiger partial charge is 0.490 e. The summed E-state index contributed by atoms with van der Waals surface area (Å²) in [7, 11) is 0. The highest BCUT2D eigenvalue weighted by Crippen LogP contribution is 2.35. The van der Waals surface area contributed by atoms with Crippen LogP contribution in [0.4, 0.5) is 5.69 Å². The van der Waals surface area contributed by atoms with Gasteiger partial charge in [-0.25, -0.2) is 5.43 Å². The minimum Gasteiger partial charge on any atom is -0.490 e. The van der Waals surface area contributed by atoms with Gasteiger partial charge in [0.15, 0.2) is 11.5 Å². The SMILES string of the molecule is CCOc1cc(/C=N\NC(=O)c2ccc(N3CCCC3)cc2)cc(I)c1OCc1ccc(Cl)cc1Cl. The monoisotopic (exact) mass is 637 g/mol. The Hall–Kier alpha value is -2.49. The lowest BCUT2D eigenvalue weighted by Crippen LogP contribution is -2.19. The van der Waals surface area contributed by atoms with Crippen molar-refractivity contribution in [3.8, 4) is 11.5 Å². The minimum atomic E-state index is -0.265. The van der Waals surface area contributed by atoms with Gasteiger partial charge in [-0.1, -0.05) is 29.3 Å². The summed E-state index contributed by atoms with van der Waals surface area (Å²) in [6.07, 6.45) is 4.01. The first-order valence-corrected chi connectivity index (χ1v) is 13.5. The molecule has 1 aliphatic rings. The number of carbonyl (C=O) groups is 1. The normalized spacial score (nSPS) is 13.3. The second-order valence-corrected chi connectivity index (χ2v) is 10.2. The molecule has 36 heavy (non-hydrogen) atoms. The molecule has 1 saturated heterocycles. The molecular weight excluding hydrogens is 612 g/mol. The fraction of sp³-hybridized carbons (Fsp3) is 0.259. The maximum Gasteiger partial charge on any atom is 0.271 e. The maximum absolute atomic E-state index is 12.5. The van der Waals surface area contributed by atoms with Crippen molar-refractivity contribution in [2.45, 2.75) is 26.4 Å². The number of ether oxygens (including phenoxy) is 2. The molecule has 1 N–H and O–H groups in total. The number of nitrogens with one attached hydrogen (secondary N) is 1. The van der Waals surface area contributed by atoms with Crippen LogP contribution in [0.3, 0.4) is 0 Å². The average Bonchev–Trinajstić information content (AvgIpc) is 3.40. The number of hydrogen-bond donors (Lipinski definition) is 1. The molecule has 0 spiro atoms. The second-order valence-electron chi connectivity index (χ2n) is 8.23. The van der Waals surface area contributed by atoms with Gasteiger partial charge in [-0.15, -0.1) is 0 Å². The van der Waals surface area contributed by atoms with Gasteiger partial charge in [0.05, 0.1) is 16.4 Å². The van der Waals surface area contributed by atoms with E-state index in [0.717, 1.165) is 33.5 Å². The number of carbonyl (C=O) groups excluding carboxylic acids is 1. The van der Waals surface area contributed by atoms with E-state index in [1.165, 1.54) is 12.8 Å². The van der Waals surface area contributed by atoms with Gasteiger partial charge in [-0.3, -0.25) is 4.79 Å². The van der Waals surface area contributed by atoms with Crippen LogP contribution in [-0.2, 0) is 6.61 Å². The van der Waals surface area contributed by atoms with E-state index in [-0.39, 0.29) is 12.5 Å².